The van der Waals surface area contributed by atoms with E-state index in [0.29, 0.717) is 0 Å². The second-order valence-corrected chi connectivity index (χ2v) is 1.86. The van der Waals surface area contributed by atoms with Gasteiger partial charge in [0, 0.05) is 6.54 Å². The molecule has 1 heterocycles. The van der Waals surface area contributed by atoms with E-state index < -0.39 is 0 Å². The molecule has 0 aromatic carbocycles. The first-order valence-corrected chi connectivity index (χ1v) is 2.50. The molecule has 0 aliphatic carbocycles. The predicted molar refractivity (Wildman–Crippen MR) is 26.1 cm³/mol. The Morgan fingerprint density at radius 1 is 1.71 bits per heavy atom. The topological polar surface area (TPSA) is 49.5 Å². The number of aliphatic hydroxyl groups excluding tert-OH is 1. The molecule has 1 fully saturated rings. The van der Waals surface area contributed by atoms with E-state index in [2.05, 4.69) is 0 Å². The van der Waals surface area contributed by atoms with Crippen LogP contribution in [0.5, 0.6) is 0 Å². The van der Waals surface area contributed by atoms with Crippen LogP contribution in [0.3, 0.4) is 0 Å². The van der Waals surface area contributed by atoms with Crippen LogP contribution in [0.2, 0.25) is 0 Å². The summed E-state index contributed by atoms with van der Waals surface area (Å²) < 4.78 is 0. The van der Waals surface area contributed by atoms with Crippen LogP contribution < -0.4 is 5.84 Å². The monoisotopic (exact) mass is 102 g/mol. The van der Waals surface area contributed by atoms with Crippen molar-refractivity contribution < 1.29 is 5.11 Å². The summed E-state index contributed by atoms with van der Waals surface area (Å²) in [5.74, 6) is 5.26. The van der Waals surface area contributed by atoms with Gasteiger partial charge in [0.25, 0.3) is 0 Å². The van der Waals surface area contributed by atoms with Crippen LogP contribution in [-0.2, 0) is 0 Å². The van der Waals surface area contributed by atoms with E-state index in [9.17, 15) is 0 Å². The first-order valence-electron chi connectivity index (χ1n) is 2.50. The summed E-state index contributed by atoms with van der Waals surface area (Å²) in [7, 11) is 0. The van der Waals surface area contributed by atoms with Crippen LogP contribution in [0.1, 0.15) is 12.8 Å². The van der Waals surface area contributed by atoms with E-state index in [1.54, 1.807) is 0 Å². The van der Waals surface area contributed by atoms with Crippen LogP contribution >= 0.6 is 0 Å². The minimum atomic E-state index is -0.375. The Hall–Kier alpha value is -0.120. The summed E-state index contributed by atoms with van der Waals surface area (Å²) in [5, 5.41) is 10.3. The summed E-state index contributed by atoms with van der Waals surface area (Å²) in [6.07, 6.45) is 1.48. The van der Waals surface area contributed by atoms with Crippen molar-refractivity contribution in [3.8, 4) is 0 Å². The molecule has 0 aromatic rings. The second kappa shape index (κ2) is 1.78. The average molecular weight is 102 g/mol. The van der Waals surface area contributed by atoms with E-state index in [-0.39, 0.29) is 6.23 Å². The van der Waals surface area contributed by atoms with Crippen molar-refractivity contribution in [2.45, 2.75) is 19.1 Å². The Kier molecular flexibility index (Phi) is 1.27. The molecule has 3 N–H and O–H groups in total. The van der Waals surface area contributed by atoms with Gasteiger partial charge in [-0.15, -0.1) is 0 Å². The molecule has 1 aliphatic heterocycles. The Labute approximate surface area is 42.7 Å². The Bertz CT molecular complexity index is 58.7. The molecule has 7 heavy (non-hydrogen) atoms. The molecule has 1 atom stereocenters. The first-order chi connectivity index (χ1) is 3.30. The maximum absolute atomic E-state index is 8.80. The zero-order valence-corrected chi connectivity index (χ0v) is 4.17. The lowest BCUT2D eigenvalue weighted by molar-refractivity contribution is 0.0381. The molecule has 0 spiro atoms. The fraction of sp³-hybridized carbons (Fsp3) is 1.00. The summed E-state index contributed by atoms with van der Waals surface area (Å²) in [6, 6.07) is 0. The Morgan fingerprint density at radius 3 is 2.57 bits per heavy atom. The van der Waals surface area contributed by atoms with E-state index in [0.717, 1.165) is 19.4 Å². The van der Waals surface area contributed by atoms with Crippen molar-refractivity contribution in [1.82, 2.24) is 5.01 Å². The number of hydrogen-bond acceptors (Lipinski definition) is 3. The number of hydrazine groups is 1. The summed E-state index contributed by atoms with van der Waals surface area (Å²) in [4.78, 5) is 0. The molecule has 42 valence electrons. The SMILES string of the molecule is NN1CCC[C@@H]1O. The molecule has 0 bridgehead atoms. The van der Waals surface area contributed by atoms with Crippen LogP contribution in [-0.4, -0.2) is 22.9 Å². The highest BCUT2D eigenvalue weighted by atomic mass is 16.3. The maximum atomic E-state index is 8.80. The van der Waals surface area contributed by atoms with Gasteiger partial charge in [0.2, 0.25) is 0 Å². The van der Waals surface area contributed by atoms with E-state index in [1.165, 1.54) is 5.01 Å². The van der Waals surface area contributed by atoms with E-state index in [4.69, 9.17) is 10.9 Å². The number of nitrogens with zero attached hydrogens (tertiary/aromatic N) is 1. The van der Waals surface area contributed by atoms with Gasteiger partial charge in [0.1, 0.15) is 6.23 Å². The van der Waals surface area contributed by atoms with Gasteiger partial charge in [-0.1, -0.05) is 0 Å². The van der Waals surface area contributed by atoms with Crippen molar-refractivity contribution in [1.29, 1.82) is 0 Å². The molecule has 0 saturated carbocycles. The van der Waals surface area contributed by atoms with Crippen molar-refractivity contribution in [2.75, 3.05) is 6.54 Å². The highest BCUT2D eigenvalue weighted by Crippen LogP contribution is 2.08. The third-order valence-electron chi connectivity index (χ3n) is 1.26. The highest BCUT2D eigenvalue weighted by molar-refractivity contribution is 4.63. The van der Waals surface area contributed by atoms with Crippen LogP contribution in [0.4, 0.5) is 0 Å². The molecule has 0 aromatic heterocycles. The van der Waals surface area contributed by atoms with Crippen molar-refractivity contribution in [3.05, 3.63) is 0 Å². The van der Waals surface area contributed by atoms with Crippen molar-refractivity contribution >= 4 is 0 Å². The van der Waals surface area contributed by atoms with Crippen LogP contribution in [0, 0.1) is 0 Å². The number of hydrogen-bond donors (Lipinski definition) is 2. The van der Waals surface area contributed by atoms with Gasteiger partial charge in [-0.05, 0) is 12.8 Å². The molecular weight excluding hydrogens is 92.1 g/mol. The molecule has 0 radical (unpaired) electrons. The minimum Gasteiger partial charge on any atom is -0.377 e. The zero-order valence-electron chi connectivity index (χ0n) is 4.17. The molecule has 3 nitrogen and oxygen atoms in total. The lowest BCUT2D eigenvalue weighted by Gasteiger charge is -2.10. The molecular formula is C4H10N2O. The van der Waals surface area contributed by atoms with Gasteiger partial charge in [0.05, 0.1) is 0 Å². The average Bonchev–Trinajstić information content (AvgIpc) is 1.91. The first kappa shape index (κ1) is 5.03. The van der Waals surface area contributed by atoms with Gasteiger partial charge in [-0.2, -0.15) is 0 Å². The number of aliphatic hydroxyl groups is 1. The van der Waals surface area contributed by atoms with Crippen LogP contribution in [0.25, 0.3) is 0 Å². The van der Waals surface area contributed by atoms with Gasteiger partial charge < -0.3 is 5.11 Å². The summed E-state index contributed by atoms with van der Waals surface area (Å²) in [5.41, 5.74) is 0. The largest absolute Gasteiger partial charge is 0.377 e. The summed E-state index contributed by atoms with van der Waals surface area (Å²) in [6.45, 7) is 0.834. The Morgan fingerprint density at radius 2 is 2.43 bits per heavy atom. The van der Waals surface area contributed by atoms with Gasteiger partial charge in [-0.25, -0.2) is 5.01 Å². The number of rotatable bonds is 0. The normalized spacial score (nSPS) is 34.3. The maximum Gasteiger partial charge on any atom is 0.119 e. The van der Waals surface area contributed by atoms with Gasteiger partial charge in [0.15, 0.2) is 0 Å². The van der Waals surface area contributed by atoms with E-state index >= 15 is 0 Å². The van der Waals surface area contributed by atoms with Crippen molar-refractivity contribution in [2.24, 2.45) is 5.84 Å². The fourth-order valence-electron chi connectivity index (χ4n) is 0.771. The molecule has 1 saturated heterocycles. The molecule has 1 rings (SSSR count). The molecule has 3 heteroatoms. The van der Waals surface area contributed by atoms with Gasteiger partial charge in [-0.3, -0.25) is 5.84 Å². The Balaban J connectivity index is 2.33. The smallest absolute Gasteiger partial charge is 0.119 e. The lowest BCUT2D eigenvalue weighted by atomic mass is 10.4. The lowest BCUT2D eigenvalue weighted by Crippen LogP contribution is -2.35. The molecule has 1 aliphatic rings. The third kappa shape index (κ3) is 0.907. The van der Waals surface area contributed by atoms with E-state index in [1.807, 2.05) is 0 Å². The predicted octanol–water partition coefficient (Wildman–Crippen LogP) is -0.726. The van der Waals surface area contributed by atoms with Crippen LogP contribution in [0.15, 0.2) is 0 Å². The second-order valence-electron chi connectivity index (χ2n) is 1.86. The fourth-order valence-corrected chi connectivity index (χ4v) is 0.771. The number of nitrogens with two attached hydrogens (primary N) is 1. The zero-order chi connectivity index (χ0) is 5.28. The standard InChI is InChI=1S/C4H10N2O/c5-6-3-1-2-4(6)7/h4,7H,1-3,5H2/t4-/m0/s1. The highest BCUT2D eigenvalue weighted by Gasteiger charge is 2.17. The summed E-state index contributed by atoms with van der Waals surface area (Å²) >= 11 is 0. The van der Waals surface area contributed by atoms with Gasteiger partial charge >= 0.3 is 0 Å². The third-order valence-corrected chi connectivity index (χ3v) is 1.26. The quantitative estimate of drug-likeness (QED) is 0.397. The van der Waals surface area contributed by atoms with Crippen molar-refractivity contribution in [3.63, 3.8) is 0 Å². The molecule has 0 unspecified atom stereocenters. The minimum absolute atomic E-state index is 0.375. The molecule has 0 amide bonds.